The summed E-state index contributed by atoms with van der Waals surface area (Å²) in [6.07, 6.45) is 3.31. The Morgan fingerprint density at radius 3 is 2.44 bits per heavy atom. The number of hydrogen-bond acceptors (Lipinski definition) is 7. The monoisotopic (exact) mass is 602 g/mol. The van der Waals surface area contributed by atoms with E-state index in [0.717, 1.165) is 36.2 Å². The number of imide groups is 1. The van der Waals surface area contributed by atoms with Gasteiger partial charge in [-0.2, -0.15) is 5.10 Å². The number of nitrogens with one attached hydrogen (secondary N) is 2. The molecule has 43 heavy (non-hydrogen) atoms. The van der Waals surface area contributed by atoms with Crippen molar-refractivity contribution >= 4 is 35.0 Å². The molecule has 224 valence electrons. The zero-order valence-corrected chi connectivity index (χ0v) is 25.0. The number of benzene rings is 2. The quantitative estimate of drug-likeness (QED) is 0.417. The van der Waals surface area contributed by atoms with Gasteiger partial charge in [0.25, 0.3) is 11.5 Å². The zero-order chi connectivity index (χ0) is 30.2. The van der Waals surface area contributed by atoms with Gasteiger partial charge in [-0.3, -0.25) is 24.5 Å². The minimum atomic E-state index is -0.332. The normalized spacial score (nSPS) is 23.0. The van der Waals surface area contributed by atoms with E-state index in [1.165, 1.54) is 4.68 Å². The second-order valence-corrected chi connectivity index (χ2v) is 12.4. The summed E-state index contributed by atoms with van der Waals surface area (Å²) in [4.78, 5) is 53.4. The highest BCUT2D eigenvalue weighted by Gasteiger charge is 2.34. The SMILES string of the molecule is CN1C[C@H](Nc2cnn(C)c(=O)c2Cl)C[C@H](c2ccc(C(=O)N3CC(c4cccc(C5CCC(=O)NC5=O)c4)C3)cc2)C1. The predicted octanol–water partition coefficient (Wildman–Crippen LogP) is 3.09. The van der Waals surface area contributed by atoms with Crippen LogP contribution in [0.1, 0.15) is 64.1 Å². The van der Waals surface area contributed by atoms with Crippen molar-refractivity contribution < 1.29 is 14.4 Å². The van der Waals surface area contributed by atoms with Crippen LogP contribution in [0, 0.1) is 0 Å². The number of carbonyl (C=O) groups is 3. The summed E-state index contributed by atoms with van der Waals surface area (Å²) in [5.74, 6) is -0.287. The Morgan fingerprint density at radius 1 is 0.953 bits per heavy atom. The smallest absolute Gasteiger partial charge is 0.287 e. The lowest BCUT2D eigenvalue weighted by atomic mass is 9.85. The van der Waals surface area contributed by atoms with Gasteiger partial charge in [-0.25, -0.2) is 4.68 Å². The van der Waals surface area contributed by atoms with Crippen LogP contribution in [-0.2, 0) is 16.6 Å². The van der Waals surface area contributed by atoms with Crippen molar-refractivity contribution in [2.75, 3.05) is 38.5 Å². The molecule has 0 saturated carbocycles. The van der Waals surface area contributed by atoms with Crippen LogP contribution in [0.15, 0.2) is 59.5 Å². The molecular weight excluding hydrogens is 568 g/mol. The van der Waals surface area contributed by atoms with Crippen molar-refractivity contribution in [1.82, 2.24) is 24.9 Å². The second-order valence-electron chi connectivity index (χ2n) is 12.0. The molecule has 11 heteroatoms. The van der Waals surface area contributed by atoms with Crippen LogP contribution in [0.2, 0.25) is 5.02 Å². The van der Waals surface area contributed by atoms with Gasteiger partial charge in [0.05, 0.1) is 17.8 Å². The standard InChI is InChI=1S/C32H35ClN6O4/c1-37-15-23(13-25(18-37)35-27-14-34-38(2)32(43)29(27)33)19-6-8-20(9-7-19)31(42)39-16-24(17-39)21-4-3-5-22(12-21)26-10-11-28(40)36-30(26)41/h3-9,12,14,23-26,35H,10-11,13,15-18H2,1-2H3,(H,36,40,41)/t23-,25+,26?/m0/s1. The van der Waals surface area contributed by atoms with E-state index in [9.17, 15) is 19.2 Å². The van der Waals surface area contributed by atoms with Gasteiger partial charge in [0.1, 0.15) is 5.02 Å². The number of hydrogen-bond donors (Lipinski definition) is 2. The van der Waals surface area contributed by atoms with Crippen LogP contribution < -0.4 is 16.2 Å². The molecule has 0 radical (unpaired) electrons. The first kappa shape index (κ1) is 29.1. The average Bonchev–Trinajstić information content (AvgIpc) is 2.96. The number of amides is 3. The third kappa shape index (κ3) is 6.07. The molecule has 1 unspecified atom stereocenters. The van der Waals surface area contributed by atoms with E-state index >= 15 is 0 Å². The van der Waals surface area contributed by atoms with E-state index < -0.39 is 0 Å². The lowest BCUT2D eigenvalue weighted by molar-refractivity contribution is -0.134. The third-order valence-corrected chi connectivity index (χ3v) is 9.26. The summed E-state index contributed by atoms with van der Waals surface area (Å²) in [7, 11) is 3.64. The summed E-state index contributed by atoms with van der Waals surface area (Å²) >= 11 is 6.28. The van der Waals surface area contributed by atoms with E-state index in [4.69, 9.17) is 11.6 Å². The van der Waals surface area contributed by atoms with Crippen LogP contribution in [0.5, 0.6) is 0 Å². The fourth-order valence-electron chi connectivity index (χ4n) is 6.47. The average molecular weight is 603 g/mol. The van der Waals surface area contributed by atoms with Crippen molar-refractivity contribution in [2.24, 2.45) is 7.05 Å². The van der Waals surface area contributed by atoms with Crippen LogP contribution >= 0.6 is 11.6 Å². The Morgan fingerprint density at radius 2 is 1.70 bits per heavy atom. The lowest BCUT2D eigenvalue weighted by Crippen LogP contribution is -2.48. The fraction of sp³-hybridized carbons (Fsp3) is 0.406. The molecule has 3 amide bonds. The number of halogens is 1. The van der Waals surface area contributed by atoms with E-state index in [0.29, 0.717) is 37.2 Å². The molecule has 6 rings (SSSR count). The van der Waals surface area contributed by atoms with Crippen LogP contribution in [-0.4, -0.2) is 76.6 Å². The highest BCUT2D eigenvalue weighted by Crippen LogP contribution is 2.33. The molecule has 2 aromatic carbocycles. The van der Waals surface area contributed by atoms with Gasteiger partial charge in [-0.05, 0) is 54.6 Å². The van der Waals surface area contributed by atoms with Crippen molar-refractivity contribution in [3.8, 4) is 0 Å². The summed E-state index contributed by atoms with van der Waals surface area (Å²) in [6, 6.07) is 16.0. The number of piperidine rings is 2. The molecule has 0 aliphatic carbocycles. The number of carbonyl (C=O) groups excluding carboxylic acids is 3. The van der Waals surface area contributed by atoms with Crippen molar-refractivity contribution in [3.63, 3.8) is 0 Å². The molecule has 0 bridgehead atoms. The van der Waals surface area contributed by atoms with Gasteiger partial charge in [0, 0.05) is 57.2 Å². The molecule has 3 fully saturated rings. The largest absolute Gasteiger partial charge is 0.378 e. The maximum absolute atomic E-state index is 13.2. The maximum atomic E-state index is 13.2. The van der Waals surface area contributed by atoms with Crippen LogP contribution in [0.4, 0.5) is 5.69 Å². The Bertz CT molecular complexity index is 1620. The molecule has 10 nitrogen and oxygen atoms in total. The summed E-state index contributed by atoms with van der Waals surface area (Å²) in [5.41, 5.74) is 4.06. The Labute approximate surface area is 255 Å². The molecule has 4 heterocycles. The fourth-order valence-corrected chi connectivity index (χ4v) is 6.70. The minimum absolute atomic E-state index is 0.0113. The molecule has 2 N–H and O–H groups in total. The number of likely N-dealkylation sites (tertiary alicyclic amines) is 2. The van der Waals surface area contributed by atoms with Crippen molar-refractivity contribution in [1.29, 1.82) is 0 Å². The summed E-state index contributed by atoms with van der Waals surface area (Å²) < 4.78 is 1.22. The van der Waals surface area contributed by atoms with Gasteiger partial charge >= 0.3 is 0 Å². The Hall–Kier alpha value is -4.02. The van der Waals surface area contributed by atoms with Gasteiger partial charge in [-0.15, -0.1) is 0 Å². The van der Waals surface area contributed by atoms with Gasteiger partial charge < -0.3 is 15.1 Å². The highest BCUT2D eigenvalue weighted by atomic mass is 35.5. The van der Waals surface area contributed by atoms with E-state index in [1.54, 1.807) is 13.2 Å². The zero-order valence-electron chi connectivity index (χ0n) is 24.3. The lowest BCUT2D eigenvalue weighted by Gasteiger charge is -2.40. The van der Waals surface area contributed by atoms with Crippen LogP contribution in [0.25, 0.3) is 0 Å². The van der Waals surface area contributed by atoms with Crippen molar-refractivity contribution in [2.45, 2.75) is 43.1 Å². The second kappa shape index (κ2) is 11.9. The molecule has 3 aliphatic rings. The Balaban J connectivity index is 1.06. The molecule has 3 aromatic rings. The van der Waals surface area contributed by atoms with Crippen LogP contribution in [0.3, 0.4) is 0 Å². The maximum Gasteiger partial charge on any atom is 0.287 e. The molecule has 0 spiro atoms. The molecule has 3 atom stereocenters. The van der Waals surface area contributed by atoms with Crippen molar-refractivity contribution in [3.05, 3.63) is 92.4 Å². The number of likely N-dealkylation sites (N-methyl/N-ethyl adjacent to an activating group) is 1. The van der Waals surface area contributed by atoms with E-state index in [-0.39, 0.29) is 52.1 Å². The molecule has 3 aliphatic heterocycles. The first-order chi connectivity index (χ1) is 20.7. The number of aryl methyl sites for hydroxylation is 1. The summed E-state index contributed by atoms with van der Waals surface area (Å²) in [6.45, 7) is 2.95. The number of nitrogens with zero attached hydrogens (tertiary/aromatic N) is 4. The van der Waals surface area contributed by atoms with E-state index in [2.05, 4.69) is 27.7 Å². The first-order valence-corrected chi connectivity index (χ1v) is 15.0. The predicted molar refractivity (Wildman–Crippen MR) is 163 cm³/mol. The van der Waals surface area contributed by atoms with Gasteiger partial charge in [-0.1, -0.05) is 48.0 Å². The third-order valence-electron chi connectivity index (χ3n) is 8.89. The minimum Gasteiger partial charge on any atom is -0.378 e. The number of rotatable bonds is 6. The van der Waals surface area contributed by atoms with Gasteiger partial charge in [0.2, 0.25) is 11.8 Å². The topological polar surface area (TPSA) is 117 Å². The van der Waals surface area contributed by atoms with E-state index in [1.807, 2.05) is 53.4 Å². The molecular formula is C32H35ClN6O4. The Kier molecular flexibility index (Phi) is 8.07. The first-order valence-electron chi connectivity index (χ1n) is 14.7. The molecule has 3 saturated heterocycles. The summed E-state index contributed by atoms with van der Waals surface area (Å²) in [5, 5.41) is 10.1. The van der Waals surface area contributed by atoms with Gasteiger partial charge in [0.15, 0.2) is 0 Å². The highest BCUT2D eigenvalue weighted by molar-refractivity contribution is 6.32. The number of aromatic nitrogens is 2. The number of anilines is 1. The molecule has 1 aromatic heterocycles.